The van der Waals surface area contributed by atoms with Crippen molar-refractivity contribution in [3.63, 3.8) is 0 Å². The van der Waals surface area contributed by atoms with Crippen molar-refractivity contribution in [2.75, 3.05) is 5.32 Å². The van der Waals surface area contributed by atoms with E-state index in [1.165, 1.54) is 30.6 Å². The van der Waals surface area contributed by atoms with Crippen molar-refractivity contribution >= 4 is 5.82 Å². The topological polar surface area (TPSA) is 103 Å². The molecule has 0 aliphatic carbocycles. The number of aromatic amines is 1. The SMILES string of the molecule is N#Cc1ccc(N[C@H](c2cccc(C(F)(F)F)c2)c2ncn[nH]2)nn1. The van der Waals surface area contributed by atoms with E-state index in [2.05, 4.69) is 30.7 Å². The van der Waals surface area contributed by atoms with Crippen LogP contribution in [0.15, 0.2) is 42.7 Å². The van der Waals surface area contributed by atoms with E-state index in [1.807, 2.05) is 6.07 Å². The molecule has 25 heavy (non-hydrogen) atoms. The maximum absolute atomic E-state index is 13.0. The van der Waals surface area contributed by atoms with E-state index in [-0.39, 0.29) is 11.5 Å². The number of alkyl halides is 3. The molecule has 2 aromatic heterocycles. The Morgan fingerprint density at radius 1 is 1.16 bits per heavy atom. The van der Waals surface area contributed by atoms with Gasteiger partial charge in [-0.15, -0.1) is 10.2 Å². The van der Waals surface area contributed by atoms with Crippen LogP contribution in [0.3, 0.4) is 0 Å². The molecule has 0 saturated carbocycles. The molecule has 2 N–H and O–H groups in total. The predicted molar refractivity (Wildman–Crippen MR) is 80.0 cm³/mol. The van der Waals surface area contributed by atoms with E-state index < -0.39 is 17.8 Å². The maximum Gasteiger partial charge on any atom is 0.416 e. The first-order valence-electron chi connectivity index (χ1n) is 7.00. The van der Waals surface area contributed by atoms with Crippen LogP contribution in [0.4, 0.5) is 19.0 Å². The average Bonchev–Trinajstić information content (AvgIpc) is 3.14. The lowest BCUT2D eigenvalue weighted by molar-refractivity contribution is -0.137. The first kappa shape index (κ1) is 16.4. The Morgan fingerprint density at radius 2 is 2.00 bits per heavy atom. The first-order chi connectivity index (χ1) is 12.0. The van der Waals surface area contributed by atoms with Crippen LogP contribution >= 0.6 is 0 Å². The molecule has 126 valence electrons. The number of rotatable bonds is 4. The van der Waals surface area contributed by atoms with Gasteiger partial charge in [-0.1, -0.05) is 12.1 Å². The van der Waals surface area contributed by atoms with Crippen molar-refractivity contribution in [3.8, 4) is 6.07 Å². The third-order valence-electron chi connectivity index (χ3n) is 3.33. The Morgan fingerprint density at radius 3 is 2.60 bits per heavy atom. The normalized spacial score (nSPS) is 12.4. The van der Waals surface area contributed by atoms with E-state index >= 15 is 0 Å². The van der Waals surface area contributed by atoms with Gasteiger partial charge in [0, 0.05) is 0 Å². The molecular formula is C15H10F3N7. The van der Waals surface area contributed by atoms with E-state index in [0.717, 1.165) is 12.1 Å². The summed E-state index contributed by atoms with van der Waals surface area (Å²) in [7, 11) is 0. The van der Waals surface area contributed by atoms with Gasteiger partial charge in [0.2, 0.25) is 0 Å². The standard InChI is InChI=1S/C15H10F3N7/c16-15(17,18)10-3-1-2-9(6-10)13(14-20-8-21-25-14)22-12-5-4-11(7-19)23-24-12/h1-6,8,13H,(H,22,24)(H,20,21,25)/t13-/m1/s1. The zero-order valence-electron chi connectivity index (χ0n) is 12.5. The molecule has 0 unspecified atom stereocenters. The molecule has 0 amide bonds. The molecule has 0 radical (unpaired) electrons. The zero-order valence-corrected chi connectivity index (χ0v) is 12.5. The van der Waals surface area contributed by atoms with Gasteiger partial charge in [-0.05, 0) is 29.8 Å². The molecule has 3 aromatic rings. The minimum atomic E-state index is -4.46. The van der Waals surface area contributed by atoms with Crippen molar-refractivity contribution in [2.45, 2.75) is 12.2 Å². The summed E-state index contributed by atoms with van der Waals surface area (Å²) in [5.74, 6) is 0.586. The Hall–Kier alpha value is -3.48. The molecule has 0 spiro atoms. The summed E-state index contributed by atoms with van der Waals surface area (Å²) in [6.07, 6.45) is -3.21. The summed E-state index contributed by atoms with van der Waals surface area (Å²) in [6, 6.07) is 8.89. The second kappa shape index (κ2) is 6.56. The van der Waals surface area contributed by atoms with E-state index in [0.29, 0.717) is 11.4 Å². The smallest absolute Gasteiger partial charge is 0.355 e. The lowest BCUT2D eigenvalue weighted by Gasteiger charge is -2.18. The van der Waals surface area contributed by atoms with Crippen molar-refractivity contribution in [2.24, 2.45) is 0 Å². The number of nitriles is 1. The highest BCUT2D eigenvalue weighted by Gasteiger charge is 2.31. The van der Waals surface area contributed by atoms with Crippen molar-refractivity contribution in [1.29, 1.82) is 5.26 Å². The number of hydrogen-bond donors (Lipinski definition) is 2. The number of aromatic nitrogens is 5. The number of halogens is 3. The quantitative estimate of drug-likeness (QED) is 0.753. The van der Waals surface area contributed by atoms with Crippen LogP contribution in [0, 0.1) is 11.3 Å². The van der Waals surface area contributed by atoms with Gasteiger partial charge in [0.15, 0.2) is 11.5 Å². The van der Waals surface area contributed by atoms with E-state index in [4.69, 9.17) is 5.26 Å². The Bertz CT molecular complexity index is 883. The largest absolute Gasteiger partial charge is 0.416 e. The summed E-state index contributed by atoms with van der Waals surface area (Å²) < 4.78 is 38.9. The number of hydrogen-bond acceptors (Lipinski definition) is 6. The Balaban J connectivity index is 1.97. The fourth-order valence-corrected chi connectivity index (χ4v) is 2.17. The molecular weight excluding hydrogens is 335 g/mol. The predicted octanol–water partition coefficient (Wildman–Crippen LogP) is 2.69. The van der Waals surface area contributed by atoms with Gasteiger partial charge in [0.05, 0.1) is 5.56 Å². The lowest BCUT2D eigenvalue weighted by Crippen LogP contribution is -2.16. The zero-order chi connectivity index (χ0) is 17.9. The number of H-pyrrole nitrogens is 1. The van der Waals surface area contributed by atoms with Gasteiger partial charge in [-0.2, -0.15) is 23.5 Å². The number of anilines is 1. The molecule has 3 rings (SSSR count). The highest BCUT2D eigenvalue weighted by molar-refractivity contribution is 5.42. The fraction of sp³-hybridized carbons (Fsp3) is 0.133. The molecule has 2 heterocycles. The highest BCUT2D eigenvalue weighted by Crippen LogP contribution is 2.32. The average molecular weight is 345 g/mol. The van der Waals surface area contributed by atoms with Crippen LogP contribution in [-0.4, -0.2) is 25.4 Å². The molecule has 0 bridgehead atoms. The first-order valence-corrected chi connectivity index (χ1v) is 7.00. The Labute approximate surface area is 139 Å². The lowest BCUT2D eigenvalue weighted by atomic mass is 10.0. The number of benzene rings is 1. The van der Waals surface area contributed by atoms with Gasteiger partial charge in [0.1, 0.15) is 24.3 Å². The van der Waals surface area contributed by atoms with Crippen molar-refractivity contribution in [3.05, 3.63) is 65.4 Å². The number of nitrogens with zero attached hydrogens (tertiary/aromatic N) is 5. The van der Waals surface area contributed by atoms with Gasteiger partial charge < -0.3 is 5.32 Å². The molecule has 0 aliphatic heterocycles. The van der Waals surface area contributed by atoms with Gasteiger partial charge >= 0.3 is 6.18 Å². The molecule has 0 saturated heterocycles. The second-order valence-electron chi connectivity index (χ2n) is 4.99. The summed E-state index contributed by atoms with van der Waals surface area (Å²) >= 11 is 0. The third-order valence-corrected chi connectivity index (χ3v) is 3.33. The molecule has 0 fully saturated rings. The van der Waals surface area contributed by atoms with E-state index in [1.54, 1.807) is 0 Å². The van der Waals surface area contributed by atoms with Crippen LogP contribution < -0.4 is 5.32 Å². The minimum absolute atomic E-state index is 0.126. The second-order valence-corrected chi connectivity index (χ2v) is 4.99. The summed E-state index contributed by atoms with van der Waals surface area (Å²) in [5, 5.41) is 25.6. The molecule has 10 heteroatoms. The molecule has 1 atom stereocenters. The van der Waals surface area contributed by atoms with Gasteiger partial charge in [-0.25, -0.2) is 4.98 Å². The molecule has 0 aliphatic rings. The maximum atomic E-state index is 13.0. The number of nitrogens with one attached hydrogen (secondary N) is 2. The van der Waals surface area contributed by atoms with Gasteiger partial charge in [0.25, 0.3) is 0 Å². The van der Waals surface area contributed by atoms with Crippen LogP contribution in [0.1, 0.15) is 28.7 Å². The van der Waals surface area contributed by atoms with Crippen LogP contribution in [-0.2, 0) is 6.18 Å². The summed E-state index contributed by atoms with van der Waals surface area (Å²) in [5.41, 5.74) is -0.333. The monoisotopic (exact) mass is 345 g/mol. The summed E-state index contributed by atoms with van der Waals surface area (Å²) in [4.78, 5) is 4.00. The molecule has 1 aromatic carbocycles. The van der Waals surface area contributed by atoms with Crippen molar-refractivity contribution < 1.29 is 13.2 Å². The van der Waals surface area contributed by atoms with Gasteiger partial charge in [-0.3, -0.25) is 5.10 Å². The minimum Gasteiger partial charge on any atom is -0.355 e. The van der Waals surface area contributed by atoms with Crippen LogP contribution in [0.25, 0.3) is 0 Å². The van der Waals surface area contributed by atoms with Crippen LogP contribution in [0.2, 0.25) is 0 Å². The molecule has 7 nitrogen and oxygen atoms in total. The highest BCUT2D eigenvalue weighted by atomic mass is 19.4. The van der Waals surface area contributed by atoms with E-state index in [9.17, 15) is 13.2 Å². The summed E-state index contributed by atoms with van der Waals surface area (Å²) in [6.45, 7) is 0. The van der Waals surface area contributed by atoms with Crippen molar-refractivity contribution in [1.82, 2.24) is 25.4 Å². The third kappa shape index (κ3) is 3.72. The fourth-order valence-electron chi connectivity index (χ4n) is 2.17. The van der Waals surface area contributed by atoms with Crippen LogP contribution in [0.5, 0.6) is 0 Å². The Kier molecular flexibility index (Phi) is 4.30.